The number of phenolic OH excluding ortho intramolecular Hbond substituents is 3. The van der Waals surface area contributed by atoms with Crippen molar-refractivity contribution >= 4 is 5.78 Å². The summed E-state index contributed by atoms with van der Waals surface area (Å²) in [6, 6.07) is 14.0. The Morgan fingerprint density at radius 2 is 1.61 bits per heavy atom. The van der Waals surface area contributed by atoms with Crippen LogP contribution in [0.25, 0.3) is 0 Å². The number of piperidine rings is 1. The van der Waals surface area contributed by atoms with Crippen molar-refractivity contribution in [2.45, 2.75) is 43.8 Å². The van der Waals surface area contributed by atoms with Gasteiger partial charge in [-0.3, -0.25) is 9.69 Å². The third kappa shape index (κ3) is 5.07. The van der Waals surface area contributed by atoms with Crippen LogP contribution in [0.5, 0.6) is 23.0 Å². The zero-order chi connectivity index (χ0) is 26.9. The normalized spacial score (nSPS) is 21.7. The van der Waals surface area contributed by atoms with E-state index in [0.29, 0.717) is 6.61 Å². The molecule has 1 saturated heterocycles. The van der Waals surface area contributed by atoms with E-state index < -0.39 is 29.7 Å². The average molecular weight is 520 g/mol. The molecule has 38 heavy (non-hydrogen) atoms. The monoisotopic (exact) mass is 519 g/mol. The molecule has 0 bridgehead atoms. The minimum Gasteiger partial charge on any atom is -0.508 e. The second-order valence-electron chi connectivity index (χ2n) is 10.2. The van der Waals surface area contributed by atoms with Gasteiger partial charge in [0, 0.05) is 36.6 Å². The Bertz CT molecular complexity index is 1300. The Kier molecular flexibility index (Phi) is 7.29. The van der Waals surface area contributed by atoms with Gasteiger partial charge < -0.3 is 30.3 Å². The maximum absolute atomic E-state index is 13.1. The lowest BCUT2D eigenvalue weighted by Gasteiger charge is -2.39. The quantitative estimate of drug-likeness (QED) is 0.319. The number of ketones is 1. The van der Waals surface area contributed by atoms with E-state index in [1.54, 1.807) is 0 Å². The summed E-state index contributed by atoms with van der Waals surface area (Å²) >= 11 is 0. The first-order chi connectivity index (χ1) is 18.3. The molecule has 1 aliphatic heterocycles. The van der Waals surface area contributed by atoms with Crippen LogP contribution in [0.15, 0.2) is 54.6 Å². The van der Waals surface area contributed by atoms with Crippen molar-refractivity contribution in [2.75, 3.05) is 26.2 Å². The van der Waals surface area contributed by atoms with Crippen LogP contribution < -0.4 is 4.74 Å². The summed E-state index contributed by atoms with van der Waals surface area (Å²) < 4.78 is 5.90. The van der Waals surface area contributed by atoms with Gasteiger partial charge >= 0.3 is 0 Å². The molecule has 8 nitrogen and oxygen atoms in total. The van der Waals surface area contributed by atoms with Crippen LogP contribution in [0.4, 0.5) is 0 Å². The summed E-state index contributed by atoms with van der Waals surface area (Å²) in [6.45, 7) is 3.69. The van der Waals surface area contributed by atoms with Crippen LogP contribution in [-0.4, -0.2) is 62.5 Å². The third-order valence-electron chi connectivity index (χ3n) is 7.66. The molecule has 2 unspecified atom stereocenters. The van der Waals surface area contributed by atoms with E-state index in [9.17, 15) is 30.3 Å². The first-order valence-corrected chi connectivity index (χ1v) is 13.0. The number of carbonyl (C=O) groups is 1. The molecule has 3 aromatic rings. The zero-order valence-corrected chi connectivity index (χ0v) is 21.1. The predicted molar refractivity (Wildman–Crippen MR) is 141 cm³/mol. The Labute approximate surface area is 221 Å². The van der Waals surface area contributed by atoms with Crippen LogP contribution in [0, 0.1) is 0 Å². The molecule has 1 aliphatic carbocycles. The number of aliphatic hydroxyl groups excluding tert-OH is 1. The molecule has 0 aromatic heterocycles. The van der Waals surface area contributed by atoms with Gasteiger partial charge in [-0.2, -0.15) is 0 Å². The fraction of sp³-hybridized carbons (Fsp3) is 0.367. The van der Waals surface area contributed by atoms with E-state index in [-0.39, 0.29) is 40.2 Å². The van der Waals surface area contributed by atoms with E-state index in [0.717, 1.165) is 37.0 Å². The number of aromatic hydroxyl groups is 3. The summed E-state index contributed by atoms with van der Waals surface area (Å²) in [6.07, 6.45) is 1.83. The highest BCUT2D eigenvalue weighted by molar-refractivity contribution is 6.03. The van der Waals surface area contributed by atoms with E-state index in [4.69, 9.17) is 4.74 Å². The SMILES string of the molecule is O=C1CC(O)(c2ccc(O)cc2)C(O)c2c(Cc3ccc(OCCN4CCCCC4)cc3)c(O)cc(O)c21. The first kappa shape index (κ1) is 26.0. The lowest BCUT2D eigenvalue weighted by Crippen LogP contribution is -2.41. The number of rotatable bonds is 7. The van der Waals surface area contributed by atoms with Crippen molar-refractivity contribution in [1.82, 2.24) is 4.90 Å². The highest BCUT2D eigenvalue weighted by atomic mass is 16.5. The molecule has 0 amide bonds. The van der Waals surface area contributed by atoms with Crippen LogP contribution in [0.1, 0.15) is 64.4 Å². The van der Waals surface area contributed by atoms with Gasteiger partial charge in [0.2, 0.25) is 0 Å². The molecular formula is C30H33NO7. The van der Waals surface area contributed by atoms with Gasteiger partial charge in [0.1, 0.15) is 41.3 Å². The Balaban J connectivity index is 1.39. The molecule has 3 aromatic carbocycles. The highest BCUT2D eigenvalue weighted by Gasteiger charge is 2.48. The molecule has 2 atom stereocenters. The second kappa shape index (κ2) is 10.6. The molecule has 1 fully saturated rings. The van der Waals surface area contributed by atoms with Crippen LogP contribution in [-0.2, 0) is 12.0 Å². The highest BCUT2D eigenvalue weighted by Crippen LogP contribution is 2.50. The number of Topliss-reactive ketones (excluding diaryl/α,β-unsaturated/α-hetero) is 1. The molecule has 5 rings (SSSR count). The molecule has 200 valence electrons. The molecule has 1 heterocycles. The van der Waals surface area contributed by atoms with Gasteiger partial charge in [0.15, 0.2) is 5.78 Å². The minimum absolute atomic E-state index is 0.00353. The Morgan fingerprint density at radius 3 is 2.29 bits per heavy atom. The maximum atomic E-state index is 13.1. The van der Waals surface area contributed by atoms with Gasteiger partial charge in [-0.15, -0.1) is 0 Å². The smallest absolute Gasteiger partial charge is 0.170 e. The predicted octanol–water partition coefficient (Wildman–Crippen LogP) is 3.77. The number of aliphatic hydroxyl groups is 2. The van der Waals surface area contributed by atoms with Crippen LogP contribution in [0.2, 0.25) is 0 Å². The van der Waals surface area contributed by atoms with Crippen molar-refractivity contribution < 1.29 is 35.1 Å². The Hall–Kier alpha value is -3.59. The molecule has 0 spiro atoms. The van der Waals surface area contributed by atoms with E-state index >= 15 is 0 Å². The first-order valence-electron chi connectivity index (χ1n) is 13.0. The van der Waals surface area contributed by atoms with Crippen molar-refractivity contribution in [3.63, 3.8) is 0 Å². The van der Waals surface area contributed by atoms with Gasteiger partial charge in [-0.25, -0.2) is 0 Å². The van der Waals surface area contributed by atoms with E-state index in [1.165, 1.54) is 43.5 Å². The van der Waals surface area contributed by atoms with Crippen molar-refractivity contribution in [3.05, 3.63) is 82.4 Å². The lowest BCUT2D eigenvalue weighted by molar-refractivity contribution is -0.0872. The van der Waals surface area contributed by atoms with Gasteiger partial charge in [-0.1, -0.05) is 30.7 Å². The van der Waals surface area contributed by atoms with Gasteiger partial charge in [0.25, 0.3) is 0 Å². The average Bonchev–Trinajstić information content (AvgIpc) is 2.90. The van der Waals surface area contributed by atoms with Crippen LogP contribution >= 0.6 is 0 Å². The van der Waals surface area contributed by atoms with Crippen molar-refractivity contribution in [1.29, 1.82) is 0 Å². The largest absolute Gasteiger partial charge is 0.508 e. The molecule has 8 heteroatoms. The number of fused-ring (bicyclic) bond motifs is 1. The minimum atomic E-state index is -2.00. The summed E-state index contributed by atoms with van der Waals surface area (Å²) in [5.41, 5.74) is -0.840. The summed E-state index contributed by atoms with van der Waals surface area (Å²) in [4.78, 5) is 15.5. The van der Waals surface area contributed by atoms with E-state index in [1.807, 2.05) is 24.3 Å². The van der Waals surface area contributed by atoms with Gasteiger partial charge in [0.05, 0.1) is 5.56 Å². The van der Waals surface area contributed by atoms with E-state index in [2.05, 4.69) is 4.90 Å². The van der Waals surface area contributed by atoms with Crippen molar-refractivity contribution in [3.8, 4) is 23.0 Å². The fourth-order valence-electron chi connectivity index (χ4n) is 5.56. The number of phenols is 3. The summed E-state index contributed by atoms with van der Waals surface area (Å²) in [5.74, 6) is -0.596. The molecule has 2 aliphatic rings. The maximum Gasteiger partial charge on any atom is 0.170 e. The summed E-state index contributed by atoms with van der Waals surface area (Å²) in [7, 11) is 0. The number of hydrogen-bond acceptors (Lipinski definition) is 8. The zero-order valence-electron chi connectivity index (χ0n) is 21.1. The number of likely N-dealkylation sites (tertiary alicyclic amines) is 1. The molecule has 5 N–H and O–H groups in total. The number of hydrogen-bond donors (Lipinski definition) is 5. The third-order valence-corrected chi connectivity index (χ3v) is 7.66. The fourth-order valence-corrected chi connectivity index (χ4v) is 5.56. The molecular weight excluding hydrogens is 486 g/mol. The lowest BCUT2D eigenvalue weighted by atomic mass is 9.71. The van der Waals surface area contributed by atoms with Crippen molar-refractivity contribution in [2.24, 2.45) is 0 Å². The standard InChI is InChI=1S/C30H33NO7/c32-21-8-6-20(7-9-21)30(37)18-26(35)28-25(34)17-24(33)23(27(28)29(30)36)16-19-4-10-22(11-5-19)38-15-14-31-12-2-1-3-13-31/h4-11,17,29,32-34,36-37H,1-3,12-16,18H2. The number of nitrogens with zero attached hydrogens (tertiary/aromatic N) is 1. The Morgan fingerprint density at radius 1 is 0.921 bits per heavy atom. The molecule has 0 saturated carbocycles. The topological polar surface area (TPSA) is 131 Å². The molecule has 0 radical (unpaired) electrons. The second-order valence-corrected chi connectivity index (χ2v) is 10.2. The van der Waals surface area contributed by atoms with Crippen LogP contribution in [0.3, 0.4) is 0 Å². The number of ether oxygens (including phenoxy) is 1. The number of benzene rings is 3. The summed E-state index contributed by atoms with van der Waals surface area (Å²) in [5, 5.41) is 53.7. The number of carbonyl (C=O) groups excluding carboxylic acids is 1. The van der Waals surface area contributed by atoms with Gasteiger partial charge in [-0.05, 0) is 61.3 Å².